The van der Waals surface area contributed by atoms with Crippen LogP contribution < -0.4 is 14.8 Å². The van der Waals surface area contributed by atoms with E-state index in [1.807, 2.05) is 50.2 Å². The Morgan fingerprint density at radius 2 is 1.91 bits per heavy atom. The van der Waals surface area contributed by atoms with Crippen molar-refractivity contribution in [3.63, 3.8) is 0 Å². The van der Waals surface area contributed by atoms with Crippen LogP contribution in [0.25, 0.3) is 0 Å². The van der Waals surface area contributed by atoms with Crippen LogP contribution in [0.3, 0.4) is 0 Å². The average molecular weight is 299 g/mol. The average Bonchev–Trinajstić information content (AvgIpc) is 2.51. The first-order chi connectivity index (χ1) is 10.5. The van der Waals surface area contributed by atoms with Crippen LogP contribution in [0.2, 0.25) is 0 Å². The van der Waals surface area contributed by atoms with Crippen molar-refractivity contribution in [1.82, 2.24) is 0 Å². The van der Waals surface area contributed by atoms with Gasteiger partial charge in [0, 0.05) is 11.8 Å². The molecule has 0 aromatic heterocycles. The summed E-state index contributed by atoms with van der Waals surface area (Å²) in [6.45, 7) is 5.69. The third-order valence-corrected chi connectivity index (χ3v) is 3.35. The van der Waals surface area contributed by atoms with E-state index in [1.54, 1.807) is 20.1 Å². The van der Waals surface area contributed by atoms with Crippen molar-refractivity contribution < 1.29 is 14.3 Å². The zero-order valence-electron chi connectivity index (χ0n) is 13.3. The van der Waals surface area contributed by atoms with Gasteiger partial charge >= 0.3 is 0 Å². The lowest BCUT2D eigenvalue weighted by molar-refractivity contribution is -0.122. The molecule has 2 rings (SSSR count). The van der Waals surface area contributed by atoms with Crippen molar-refractivity contribution in [3.8, 4) is 11.5 Å². The number of amides is 1. The van der Waals surface area contributed by atoms with Crippen LogP contribution in [0.1, 0.15) is 18.1 Å². The maximum Gasteiger partial charge on any atom is 0.265 e. The van der Waals surface area contributed by atoms with Gasteiger partial charge in [-0.1, -0.05) is 18.2 Å². The van der Waals surface area contributed by atoms with E-state index in [1.165, 1.54) is 0 Å². The fourth-order valence-electron chi connectivity index (χ4n) is 2.02. The lowest BCUT2D eigenvalue weighted by Crippen LogP contribution is -2.30. The largest absolute Gasteiger partial charge is 0.497 e. The third kappa shape index (κ3) is 4.01. The predicted molar refractivity (Wildman–Crippen MR) is 87.6 cm³/mol. The molecule has 4 heteroatoms. The standard InChI is InChI=1S/C18H21NO3/c1-12-8-9-13(2)17(10-12)22-14(3)18(20)19-15-6-5-7-16(11-15)21-4/h5-11,14H,1-4H3,(H,19,20)/t14-/m0/s1. The normalized spacial score (nSPS) is 11.6. The highest BCUT2D eigenvalue weighted by Crippen LogP contribution is 2.21. The summed E-state index contributed by atoms with van der Waals surface area (Å²) in [6, 6.07) is 13.2. The number of methoxy groups -OCH3 is 1. The maximum atomic E-state index is 12.2. The van der Waals surface area contributed by atoms with Gasteiger partial charge in [-0.3, -0.25) is 4.79 Å². The van der Waals surface area contributed by atoms with Gasteiger partial charge in [-0.2, -0.15) is 0 Å². The Morgan fingerprint density at radius 3 is 2.64 bits per heavy atom. The minimum Gasteiger partial charge on any atom is -0.497 e. The highest BCUT2D eigenvalue weighted by Gasteiger charge is 2.16. The molecule has 0 saturated heterocycles. The first kappa shape index (κ1) is 15.9. The molecule has 0 unspecified atom stereocenters. The molecule has 0 saturated carbocycles. The summed E-state index contributed by atoms with van der Waals surface area (Å²) in [5.41, 5.74) is 2.79. The van der Waals surface area contributed by atoms with Gasteiger partial charge in [-0.15, -0.1) is 0 Å². The predicted octanol–water partition coefficient (Wildman–Crippen LogP) is 3.72. The van der Waals surface area contributed by atoms with E-state index < -0.39 is 6.10 Å². The molecule has 22 heavy (non-hydrogen) atoms. The van der Waals surface area contributed by atoms with Gasteiger partial charge in [0.25, 0.3) is 5.91 Å². The zero-order valence-corrected chi connectivity index (χ0v) is 13.3. The number of carbonyl (C=O) groups excluding carboxylic acids is 1. The van der Waals surface area contributed by atoms with E-state index >= 15 is 0 Å². The molecular formula is C18H21NO3. The minimum atomic E-state index is -0.591. The van der Waals surface area contributed by atoms with Crippen LogP contribution >= 0.6 is 0 Å². The quantitative estimate of drug-likeness (QED) is 0.915. The number of hydrogen-bond donors (Lipinski definition) is 1. The molecule has 2 aromatic rings. The van der Waals surface area contributed by atoms with E-state index in [9.17, 15) is 4.79 Å². The Morgan fingerprint density at radius 1 is 1.14 bits per heavy atom. The molecule has 0 aliphatic heterocycles. The van der Waals surface area contributed by atoms with Crippen LogP contribution in [0, 0.1) is 13.8 Å². The van der Waals surface area contributed by atoms with Crippen LogP contribution in [0.5, 0.6) is 11.5 Å². The fraction of sp³-hybridized carbons (Fsp3) is 0.278. The van der Waals surface area contributed by atoms with Crippen LogP contribution in [0.4, 0.5) is 5.69 Å². The summed E-state index contributed by atoms with van der Waals surface area (Å²) in [6.07, 6.45) is -0.591. The second kappa shape index (κ2) is 6.98. The van der Waals surface area contributed by atoms with E-state index in [4.69, 9.17) is 9.47 Å². The van der Waals surface area contributed by atoms with Crippen molar-refractivity contribution in [3.05, 3.63) is 53.6 Å². The van der Waals surface area contributed by atoms with E-state index in [-0.39, 0.29) is 5.91 Å². The van der Waals surface area contributed by atoms with E-state index in [2.05, 4.69) is 5.32 Å². The number of anilines is 1. The summed E-state index contributed by atoms with van der Waals surface area (Å²) >= 11 is 0. The Balaban J connectivity index is 2.04. The number of carbonyl (C=O) groups is 1. The summed E-state index contributed by atoms with van der Waals surface area (Å²) < 4.78 is 10.9. The Kier molecular flexibility index (Phi) is 5.04. The monoisotopic (exact) mass is 299 g/mol. The number of aryl methyl sites for hydroxylation is 2. The fourth-order valence-corrected chi connectivity index (χ4v) is 2.02. The summed E-state index contributed by atoms with van der Waals surface area (Å²) in [5, 5.41) is 2.83. The van der Waals surface area contributed by atoms with Gasteiger partial charge in [-0.25, -0.2) is 0 Å². The number of ether oxygens (including phenoxy) is 2. The number of benzene rings is 2. The first-order valence-electron chi connectivity index (χ1n) is 7.18. The lowest BCUT2D eigenvalue weighted by atomic mass is 10.1. The van der Waals surface area contributed by atoms with Crippen molar-refractivity contribution in [2.75, 3.05) is 12.4 Å². The van der Waals surface area contributed by atoms with Gasteiger partial charge in [0.1, 0.15) is 11.5 Å². The Hall–Kier alpha value is -2.49. The first-order valence-corrected chi connectivity index (χ1v) is 7.18. The molecule has 0 aliphatic rings. The minimum absolute atomic E-state index is 0.200. The van der Waals surface area contributed by atoms with Crippen molar-refractivity contribution in [1.29, 1.82) is 0 Å². The molecule has 116 valence electrons. The molecule has 4 nitrogen and oxygen atoms in total. The molecular weight excluding hydrogens is 278 g/mol. The van der Waals surface area contributed by atoms with Crippen LogP contribution in [-0.4, -0.2) is 19.1 Å². The van der Waals surface area contributed by atoms with Gasteiger partial charge in [0.05, 0.1) is 7.11 Å². The highest BCUT2D eigenvalue weighted by atomic mass is 16.5. The number of hydrogen-bond acceptors (Lipinski definition) is 3. The van der Waals surface area contributed by atoms with Crippen LogP contribution in [-0.2, 0) is 4.79 Å². The molecule has 0 aliphatic carbocycles. The lowest BCUT2D eigenvalue weighted by Gasteiger charge is -2.17. The maximum absolute atomic E-state index is 12.2. The van der Waals surface area contributed by atoms with Crippen LogP contribution in [0.15, 0.2) is 42.5 Å². The SMILES string of the molecule is COc1cccc(NC(=O)[C@H](C)Oc2cc(C)ccc2C)c1. The highest BCUT2D eigenvalue weighted by molar-refractivity contribution is 5.94. The van der Waals surface area contributed by atoms with Crippen molar-refractivity contribution in [2.45, 2.75) is 26.9 Å². The summed E-state index contributed by atoms with van der Waals surface area (Å²) in [5.74, 6) is 1.23. The number of rotatable bonds is 5. The van der Waals surface area contributed by atoms with Gasteiger partial charge < -0.3 is 14.8 Å². The topological polar surface area (TPSA) is 47.6 Å². The van der Waals surface area contributed by atoms with Crippen molar-refractivity contribution >= 4 is 11.6 Å². The molecule has 0 radical (unpaired) electrons. The molecule has 0 bridgehead atoms. The molecule has 0 spiro atoms. The van der Waals surface area contributed by atoms with Crippen molar-refractivity contribution in [2.24, 2.45) is 0 Å². The van der Waals surface area contributed by atoms with E-state index in [0.29, 0.717) is 11.4 Å². The molecule has 1 amide bonds. The summed E-state index contributed by atoms with van der Waals surface area (Å²) in [7, 11) is 1.59. The Bertz CT molecular complexity index is 667. The smallest absolute Gasteiger partial charge is 0.265 e. The zero-order chi connectivity index (χ0) is 16.1. The summed E-state index contributed by atoms with van der Waals surface area (Å²) in [4.78, 5) is 12.2. The van der Waals surface area contributed by atoms with Gasteiger partial charge in [0.2, 0.25) is 0 Å². The van der Waals surface area contributed by atoms with Gasteiger partial charge in [-0.05, 0) is 50.1 Å². The molecule has 1 atom stereocenters. The second-order valence-electron chi connectivity index (χ2n) is 5.25. The van der Waals surface area contributed by atoms with Gasteiger partial charge in [0.15, 0.2) is 6.10 Å². The second-order valence-corrected chi connectivity index (χ2v) is 5.25. The Labute approximate surface area is 131 Å². The third-order valence-electron chi connectivity index (χ3n) is 3.35. The molecule has 0 fully saturated rings. The number of nitrogens with one attached hydrogen (secondary N) is 1. The molecule has 0 heterocycles. The van der Waals surface area contributed by atoms with E-state index in [0.717, 1.165) is 16.9 Å². The molecule has 2 aromatic carbocycles. The molecule has 1 N–H and O–H groups in total.